The molecule has 0 aliphatic carbocycles. The molecule has 0 fully saturated rings. The van der Waals surface area contributed by atoms with Crippen LogP contribution in [0.25, 0.3) is 0 Å². The lowest BCUT2D eigenvalue weighted by molar-refractivity contribution is 0.477. The van der Waals surface area contributed by atoms with Gasteiger partial charge in [-0.15, -0.1) is 11.3 Å². The summed E-state index contributed by atoms with van der Waals surface area (Å²) in [6, 6.07) is 0. The van der Waals surface area contributed by atoms with Gasteiger partial charge in [0, 0.05) is 15.7 Å². The van der Waals surface area contributed by atoms with Crippen molar-refractivity contribution in [1.29, 1.82) is 0 Å². The van der Waals surface area contributed by atoms with E-state index in [0.717, 1.165) is 17.7 Å². The molecule has 0 atom stereocenters. The minimum absolute atomic E-state index is 0.0859. The molecule has 3 heteroatoms. The summed E-state index contributed by atoms with van der Waals surface area (Å²) < 4.78 is 13.7. The molecule has 0 nitrogen and oxygen atoms in total. The van der Waals surface area contributed by atoms with E-state index in [0.29, 0.717) is 4.47 Å². The number of halogens is 2. The van der Waals surface area contributed by atoms with Crippen LogP contribution in [-0.2, 0) is 5.41 Å². The summed E-state index contributed by atoms with van der Waals surface area (Å²) in [5.41, 5.74) is 0.0859. The predicted octanol–water partition coefficient (Wildman–Crippen LogP) is 4.73. The van der Waals surface area contributed by atoms with Crippen LogP contribution < -0.4 is 0 Å². The van der Waals surface area contributed by atoms with E-state index in [1.54, 1.807) is 5.38 Å². The standard InChI is InChI=1S/C10H14BrFS/c1-4-5-10(2,3)9-8(11)7(12)6-13-9/h6H,4-5H2,1-3H3. The normalized spacial score (nSPS) is 12.1. The second-order valence-corrected chi connectivity index (χ2v) is 5.53. The lowest BCUT2D eigenvalue weighted by Gasteiger charge is -2.22. The van der Waals surface area contributed by atoms with Crippen LogP contribution in [0.2, 0.25) is 0 Å². The van der Waals surface area contributed by atoms with Gasteiger partial charge in [0.25, 0.3) is 0 Å². The molecule has 1 aromatic heterocycles. The van der Waals surface area contributed by atoms with E-state index < -0.39 is 0 Å². The molecule has 0 unspecified atom stereocenters. The fourth-order valence-corrected chi connectivity index (χ4v) is 3.56. The van der Waals surface area contributed by atoms with E-state index in [1.165, 1.54) is 11.3 Å². The Morgan fingerprint density at radius 3 is 2.54 bits per heavy atom. The van der Waals surface area contributed by atoms with E-state index in [2.05, 4.69) is 36.7 Å². The van der Waals surface area contributed by atoms with Crippen molar-refractivity contribution in [3.63, 3.8) is 0 Å². The van der Waals surface area contributed by atoms with E-state index in [1.807, 2.05) is 0 Å². The summed E-state index contributed by atoms with van der Waals surface area (Å²) in [6.07, 6.45) is 2.21. The summed E-state index contributed by atoms with van der Waals surface area (Å²) >= 11 is 4.79. The molecule has 1 heterocycles. The van der Waals surface area contributed by atoms with Gasteiger partial charge >= 0.3 is 0 Å². The highest BCUT2D eigenvalue weighted by Gasteiger charge is 2.25. The Morgan fingerprint density at radius 2 is 2.15 bits per heavy atom. The maximum absolute atomic E-state index is 13.1. The Hall–Kier alpha value is 0.110. The summed E-state index contributed by atoms with van der Waals surface area (Å²) in [6.45, 7) is 6.47. The van der Waals surface area contributed by atoms with Gasteiger partial charge < -0.3 is 0 Å². The lowest BCUT2D eigenvalue weighted by atomic mass is 9.86. The van der Waals surface area contributed by atoms with Gasteiger partial charge in [-0.2, -0.15) is 0 Å². The second kappa shape index (κ2) is 4.09. The first-order chi connectivity index (χ1) is 5.99. The molecule has 13 heavy (non-hydrogen) atoms. The van der Waals surface area contributed by atoms with Crippen LogP contribution in [0.5, 0.6) is 0 Å². The van der Waals surface area contributed by atoms with Crippen molar-refractivity contribution in [3.05, 3.63) is 20.5 Å². The molecule has 0 aliphatic rings. The molecule has 0 N–H and O–H groups in total. The molecular weight excluding hydrogens is 251 g/mol. The Labute approximate surface area is 91.3 Å². The van der Waals surface area contributed by atoms with Crippen LogP contribution >= 0.6 is 27.3 Å². The molecule has 0 saturated carbocycles. The van der Waals surface area contributed by atoms with Crippen molar-refractivity contribution < 1.29 is 4.39 Å². The van der Waals surface area contributed by atoms with E-state index in [9.17, 15) is 4.39 Å². The first-order valence-corrected chi connectivity index (χ1v) is 6.09. The highest BCUT2D eigenvalue weighted by molar-refractivity contribution is 9.10. The smallest absolute Gasteiger partial charge is 0.148 e. The average Bonchev–Trinajstić information content (AvgIpc) is 2.33. The zero-order chi connectivity index (χ0) is 10.1. The zero-order valence-corrected chi connectivity index (χ0v) is 10.6. The van der Waals surface area contributed by atoms with Crippen LogP contribution in [-0.4, -0.2) is 0 Å². The Balaban J connectivity index is 2.99. The molecule has 1 rings (SSSR count). The molecular formula is C10H14BrFS. The van der Waals surface area contributed by atoms with Crippen LogP contribution in [0.3, 0.4) is 0 Å². The number of hydrogen-bond donors (Lipinski definition) is 0. The number of thiophene rings is 1. The average molecular weight is 265 g/mol. The van der Waals surface area contributed by atoms with Crippen molar-refractivity contribution in [2.75, 3.05) is 0 Å². The van der Waals surface area contributed by atoms with Gasteiger partial charge in [-0.3, -0.25) is 0 Å². The summed E-state index contributed by atoms with van der Waals surface area (Å²) in [4.78, 5) is 1.12. The maximum atomic E-state index is 13.1. The van der Waals surface area contributed by atoms with Crippen LogP contribution in [0.15, 0.2) is 9.85 Å². The Kier molecular flexibility index (Phi) is 3.52. The first kappa shape index (κ1) is 11.2. The lowest BCUT2D eigenvalue weighted by Crippen LogP contribution is -2.15. The highest BCUT2D eigenvalue weighted by atomic mass is 79.9. The zero-order valence-electron chi connectivity index (χ0n) is 8.16. The van der Waals surface area contributed by atoms with Gasteiger partial charge in [0.15, 0.2) is 0 Å². The van der Waals surface area contributed by atoms with Crippen LogP contribution in [0.1, 0.15) is 38.5 Å². The van der Waals surface area contributed by atoms with E-state index in [-0.39, 0.29) is 11.2 Å². The molecule has 0 saturated heterocycles. The van der Waals surface area contributed by atoms with Gasteiger partial charge in [-0.1, -0.05) is 27.2 Å². The molecule has 74 valence electrons. The monoisotopic (exact) mass is 264 g/mol. The summed E-state index contributed by atoms with van der Waals surface area (Å²) in [7, 11) is 0. The first-order valence-electron chi connectivity index (χ1n) is 4.42. The summed E-state index contributed by atoms with van der Waals surface area (Å²) in [5.74, 6) is -0.135. The highest BCUT2D eigenvalue weighted by Crippen LogP contribution is 2.39. The van der Waals surface area contributed by atoms with E-state index in [4.69, 9.17) is 0 Å². The second-order valence-electron chi connectivity index (χ2n) is 3.86. The molecule has 0 spiro atoms. The molecule has 0 aliphatic heterocycles. The SMILES string of the molecule is CCCC(C)(C)c1scc(F)c1Br. The molecule has 0 bridgehead atoms. The van der Waals surface area contributed by atoms with Crippen molar-refractivity contribution in [3.8, 4) is 0 Å². The van der Waals surface area contributed by atoms with Crippen LogP contribution in [0, 0.1) is 5.82 Å². The van der Waals surface area contributed by atoms with Gasteiger partial charge in [-0.25, -0.2) is 4.39 Å². The fourth-order valence-electron chi connectivity index (χ4n) is 1.52. The third-order valence-corrected chi connectivity index (χ3v) is 4.53. The summed E-state index contributed by atoms with van der Waals surface area (Å²) in [5, 5.41) is 1.57. The predicted molar refractivity (Wildman–Crippen MR) is 59.9 cm³/mol. The molecule has 0 amide bonds. The van der Waals surface area contributed by atoms with Gasteiger partial charge in [0.1, 0.15) is 5.82 Å². The maximum Gasteiger partial charge on any atom is 0.148 e. The minimum atomic E-state index is -0.135. The fraction of sp³-hybridized carbons (Fsp3) is 0.600. The van der Waals surface area contributed by atoms with Crippen molar-refractivity contribution >= 4 is 27.3 Å². The minimum Gasteiger partial charge on any atom is -0.205 e. The quantitative estimate of drug-likeness (QED) is 0.741. The van der Waals surface area contributed by atoms with Gasteiger partial charge in [-0.05, 0) is 22.4 Å². The van der Waals surface area contributed by atoms with Crippen LogP contribution in [0.4, 0.5) is 4.39 Å². The molecule has 0 radical (unpaired) electrons. The van der Waals surface area contributed by atoms with Gasteiger partial charge in [0.2, 0.25) is 0 Å². The van der Waals surface area contributed by atoms with Crippen molar-refractivity contribution in [2.24, 2.45) is 0 Å². The third-order valence-electron chi connectivity index (χ3n) is 2.18. The Morgan fingerprint density at radius 1 is 1.54 bits per heavy atom. The largest absolute Gasteiger partial charge is 0.205 e. The van der Waals surface area contributed by atoms with E-state index >= 15 is 0 Å². The molecule has 1 aromatic rings. The number of hydrogen-bond acceptors (Lipinski definition) is 1. The third kappa shape index (κ3) is 2.32. The van der Waals surface area contributed by atoms with Crippen molar-refractivity contribution in [2.45, 2.75) is 39.0 Å². The Bertz CT molecular complexity index is 291. The number of rotatable bonds is 3. The van der Waals surface area contributed by atoms with Gasteiger partial charge in [0.05, 0.1) is 4.47 Å². The topological polar surface area (TPSA) is 0 Å². The molecule has 0 aromatic carbocycles. The van der Waals surface area contributed by atoms with Crippen molar-refractivity contribution in [1.82, 2.24) is 0 Å².